The maximum Gasteiger partial charge on any atom is 0.173 e. The summed E-state index contributed by atoms with van der Waals surface area (Å²) in [6.07, 6.45) is 0.528. The van der Waals surface area contributed by atoms with E-state index in [0.717, 1.165) is 5.06 Å². The van der Waals surface area contributed by atoms with Gasteiger partial charge in [0.1, 0.15) is 11.5 Å². The third-order valence-electron chi connectivity index (χ3n) is 2.62. The molecule has 12 heavy (non-hydrogen) atoms. The summed E-state index contributed by atoms with van der Waals surface area (Å²) in [5.41, 5.74) is -0.847. The summed E-state index contributed by atoms with van der Waals surface area (Å²) in [5.74, 6) is -0.838. The molecule has 0 spiro atoms. The van der Waals surface area contributed by atoms with Crippen molar-refractivity contribution in [2.24, 2.45) is 5.92 Å². The first-order chi connectivity index (χ1) is 5.56. The molecule has 0 radical (unpaired) electrons. The predicted molar refractivity (Wildman–Crippen MR) is 41.3 cm³/mol. The smallest absolute Gasteiger partial charge is 0.173 e. The molecular formula is C8H12N2O2. The lowest BCUT2D eigenvalue weighted by molar-refractivity contribution is -0.157. The number of nitriles is 1. The van der Waals surface area contributed by atoms with Crippen LogP contribution < -0.4 is 0 Å². The van der Waals surface area contributed by atoms with Crippen LogP contribution in [0.3, 0.4) is 0 Å². The second kappa shape index (κ2) is 2.85. The normalized spacial score (nSPS) is 36.8. The van der Waals surface area contributed by atoms with Gasteiger partial charge in [-0.1, -0.05) is 6.92 Å². The van der Waals surface area contributed by atoms with E-state index in [1.54, 1.807) is 6.92 Å². The summed E-state index contributed by atoms with van der Waals surface area (Å²) < 4.78 is 0. The summed E-state index contributed by atoms with van der Waals surface area (Å²) in [4.78, 5) is 11.5. The number of carbonyl (C=O) groups is 1. The van der Waals surface area contributed by atoms with E-state index in [1.165, 1.54) is 0 Å². The highest BCUT2D eigenvalue weighted by molar-refractivity contribution is 5.93. The average molecular weight is 168 g/mol. The van der Waals surface area contributed by atoms with Crippen molar-refractivity contribution in [1.82, 2.24) is 5.06 Å². The summed E-state index contributed by atoms with van der Waals surface area (Å²) in [6.45, 7) is 3.62. The average Bonchev–Trinajstić information content (AvgIpc) is 2.30. The van der Waals surface area contributed by atoms with Crippen LogP contribution in [0, 0.1) is 17.2 Å². The fourth-order valence-electron chi connectivity index (χ4n) is 1.42. The van der Waals surface area contributed by atoms with Crippen LogP contribution in [-0.2, 0) is 4.79 Å². The van der Waals surface area contributed by atoms with Crippen molar-refractivity contribution in [1.29, 1.82) is 5.26 Å². The van der Waals surface area contributed by atoms with Crippen LogP contribution in [0.1, 0.15) is 20.3 Å². The van der Waals surface area contributed by atoms with Crippen LogP contribution in [0.25, 0.3) is 0 Å². The molecule has 0 aromatic rings. The van der Waals surface area contributed by atoms with E-state index < -0.39 is 11.5 Å². The molecular weight excluding hydrogens is 156 g/mol. The van der Waals surface area contributed by atoms with Gasteiger partial charge in [-0.15, -0.1) is 0 Å². The van der Waals surface area contributed by atoms with E-state index in [0.29, 0.717) is 6.42 Å². The number of hydrogen-bond donors (Lipinski definition) is 1. The Labute approximate surface area is 71.4 Å². The Bertz CT molecular complexity index is 246. The first-order valence-electron chi connectivity index (χ1n) is 3.96. The number of Topliss-reactive ketones (excluding diaryl/α,β-unsaturated/α-hetero) is 1. The van der Waals surface area contributed by atoms with E-state index in [4.69, 9.17) is 5.26 Å². The molecule has 2 atom stereocenters. The Morgan fingerprint density at radius 1 is 1.92 bits per heavy atom. The molecule has 1 fully saturated rings. The van der Waals surface area contributed by atoms with E-state index in [9.17, 15) is 10.0 Å². The number of carbonyl (C=O) groups excluding carboxylic acids is 1. The summed E-state index contributed by atoms with van der Waals surface area (Å²) in [5, 5.41) is 18.9. The summed E-state index contributed by atoms with van der Waals surface area (Å²) in [6, 6.07) is 1.88. The SMILES string of the molecule is CCC1(C)C(=O)C(C#N)CN1O. The standard InChI is InChI=1S/C8H12N2O2/c1-3-8(2)7(11)6(4-9)5-10(8)12/h6,12H,3,5H2,1-2H3. The third-order valence-corrected chi connectivity index (χ3v) is 2.62. The van der Waals surface area contributed by atoms with Gasteiger partial charge in [0.2, 0.25) is 0 Å². The quantitative estimate of drug-likeness (QED) is 0.621. The van der Waals surface area contributed by atoms with Gasteiger partial charge >= 0.3 is 0 Å². The fourth-order valence-corrected chi connectivity index (χ4v) is 1.42. The molecule has 4 heteroatoms. The third kappa shape index (κ3) is 1.02. The van der Waals surface area contributed by atoms with Gasteiger partial charge < -0.3 is 5.21 Å². The lowest BCUT2D eigenvalue weighted by Gasteiger charge is -2.26. The molecule has 1 heterocycles. The van der Waals surface area contributed by atoms with Gasteiger partial charge in [0, 0.05) is 6.54 Å². The van der Waals surface area contributed by atoms with Crippen LogP contribution >= 0.6 is 0 Å². The van der Waals surface area contributed by atoms with Gasteiger partial charge in [-0.3, -0.25) is 4.79 Å². The van der Waals surface area contributed by atoms with Crippen molar-refractivity contribution in [3.63, 3.8) is 0 Å². The topological polar surface area (TPSA) is 64.3 Å². The molecule has 0 saturated carbocycles. The van der Waals surface area contributed by atoms with Gasteiger partial charge in [0.15, 0.2) is 5.78 Å². The van der Waals surface area contributed by atoms with Crippen LogP contribution in [0.15, 0.2) is 0 Å². The Kier molecular flexibility index (Phi) is 2.18. The van der Waals surface area contributed by atoms with Crippen molar-refractivity contribution in [2.75, 3.05) is 6.54 Å². The van der Waals surface area contributed by atoms with Crippen LogP contribution in [-0.4, -0.2) is 28.1 Å². The van der Waals surface area contributed by atoms with E-state index in [-0.39, 0.29) is 12.3 Å². The van der Waals surface area contributed by atoms with Gasteiger partial charge in [0.05, 0.1) is 6.07 Å². The zero-order valence-corrected chi connectivity index (χ0v) is 7.24. The predicted octanol–water partition coefficient (Wildman–Crippen LogP) is 0.569. The molecule has 1 saturated heterocycles. The number of rotatable bonds is 1. The molecule has 1 N–H and O–H groups in total. The first-order valence-corrected chi connectivity index (χ1v) is 3.96. The maximum atomic E-state index is 11.5. The van der Waals surface area contributed by atoms with Crippen molar-refractivity contribution in [3.8, 4) is 6.07 Å². The zero-order valence-electron chi connectivity index (χ0n) is 7.24. The number of nitrogens with zero attached hydrogens (tertiary/aromatic N) is 2. The van der Waals surface area contributed by atoms with Crippen LogP contribution in [0.5, 0.6) is 0 Å². The highest BCUT2D eigenvalue weighted by Crippen LogP contribution is 2.29. The molecule has 0 aromatic heterocycles. The number of ketones is 1. The molecule has 1 aliphatic heterocycles. The van der Waals surface area contributed by atoms with Crippen LogP contribution in [0.2, 0.25) is 0 Å². The second-order valence-electron chi connectivity index (χ2n) is 3.26. The summed E-state index contributed by atoms with van der Waals surface area (Å²) in [7, 11) is 0. The lowest BCUT2D eigenvalue weighted by atomic mass is 9.91. The van der Waals surface area contributed by atoms with Crippen molar-refractivity contribution in [2.45, 2.75) is 25.8 Å². The van der Waals surface area contributed by atoms with E-state index in [2.05, 4.69) is 0 Å². The molecule has 0 amide bonds. The number of hydroxylamine groups is 2. The Balaban J connectivity index is 2.93. The minimum atomic E-state index is -0.847. The molecule has 1 rings (SSSR count). The van der Waals surface area contributed by atoms with Gasteiger partial charge in [0.25, 0.3) is 0 Å². The van der Waals surface area contributed by atoms with Gasteiger partial charge in [-0.2, -0.15) is 10.3 Å². The van der Waals surface area contributed by atoms with E-state index >= 15 is 0 Å². The van der Waals surface area contributed by atoms with Crippen LogP contribution in [0.4, 0.5) is 0 Å². The molecule has 66 valence electrons. The monoisotopic (exact) mass is 168 g/mol. The first kappa shape index (κ1) is 9.17. The molecule has 0 aromatic carbocycles. The highest BCUT2D eigenvalue weighted by atomic mass is 16.5. The minimum absolute atomic E-state index is 0.139. The van der Waals surface area contributed by atoms with Crippen molar-refractivity contribution in [3.05, 3.63) is 0 Å². The second-order valence-corrected chi connectivity index (χ2v) is 3.26. The fraction of sp³-hybridized carbons (Fsp3) is 0.750. The Hall–Kier alpha value is -0.920. The summed E-state index contributed by atoms with van der Waals surface area (Å²) >= 11 is 0. The molecule has 0 aliphatic carbocycles. The number of hydrogen-bond acceptors (Lipinski definition) is 4. The molecule has 0 bridgehead atoms. The van der Waals surface area contributed by atoms with Gasteiger partial charge in [-0.25, -0.2) is 0 Å². The largest absolute Gasteiger partial charge is 0.313 e. The van der Waals surface area contributed by atoms with Crippen molar-refractivity contribution < 1.29 is 10.0 Å². The van der Waals surface area contributed by atoms with Crippen molar-refractivity contribution >= 4 is 5.78 Å². The minimum Gasteiger partial charge on any atom is -0.313 e. The maximum absolute atomic E-state index is 11.5. The molecule has 1 aliphatic rings. The van der Waals surface area contributed by atoms with E-state index in [1.807, 2.05) is 13.0 Å². The Morgan fingerprint density at radius 2 is 2.50 bits per heavy atom. The molecule has 4 nitrogen and oxygen atoms in total. The van der Waals surface area contributed by atoms with Gasteiger partial charge in [-0.05, 0) is 13.3 Å². The zero-order chi connectivity index (χ0) is 9.35. The highest BCUT2D eigenvalue weighted by Gasteiger charge is 2.48. The lowest BCUT2D eigenvalue weighted by Crippen LogP contribution is -2.43. The Morgan fingerprint density at radius 3 is 2.75 bits per heavy atom. The molecule has 2 unspecified atom stereocenters.